The number of rotatable bonds is 7. The first-order valence-electron chi connectivity index (χ1n) is 8.88. The molecule has 0 unspecified atom stereocenters. The van der Waals surface area contributed by atoms with Crippen LogP contribution in [0.15, 0.2) is 65.6 Å². The predicted molar refractivity (Wildman–Crippen MR) is 118 cm³/mol. The summed E-state index contributed by atoms with van der Waals surface area (Å²) in [6.07, 6.45) is 0. The normalized spacial score (nSPS) is 11.2. The van der Waals surface area contributed by atoms with Gasteiger partial charge in [-0.25, -0.2) is 17.5 Å². The summed E-state index contributed by atoms with van der Waals surface area (Å²) >= 11 is 11.9. The van der Waals surface area contributed by atoms with Gasteiger partial charge < -0.3 is 10.1 Å². The van der Waals surface area contributed by atoms with E-state index in [1.807, 2.05) is 0 Å². The molecule has 1 amide bonds. The van der Waals surface area contributed by atoms with Gasteiger partial charge in [0.15, 0.2) is 0 Å². The van der Waals surface area contributed by atoms with Gasteiger partial charge in [0, 0.05) is 11.6 Å². The maximum Gasteiger partial charge on any atom is 0.258 e. The van der Waals surface area contributed by atoms with Crippen LogP contribution in [-0.4, -0.2) is 21.4 Å². The molecule has 0 atom stereocenters. The van der Waals surface area contributed by atoms with E-state index in [0.29, 0.717) is 16.3 Å². The molecular weight excluding hydrogens is 466 g/mol. The van der Waals surface area contributed by atoms with Crippen LogP contribution in [-0.2, 0) is 16.6 Å². The molecule has 10 heteroatoms. The third-order valence-corrected chi connectivity index (χ3v) is 6.26. The second-order valence-electron chi connectivity index (χ2n) is 6.39. The highest BCUT2D eigenvalue weighted by Crippen LogP contribution is 2.26. The Morgan fingerprint density at radius 3 is 2.42 bits per heavy atom. The average Bonchev–Trinajstić information content (AvgIpc) is 2.75. The average molecular weight is 483 g/mol. The SMILES string of the molecule is COc1ccc(CNS(=O)(=O)c2ccc(F)c(C(=O)Nc3cc(Cl)ccc3Cl)c2)cc1. The third-order valence-electron chi connectivity index (χ3n) is 4.29. The van der Waals surface area contributed by atoms with Gasteiger partial charge in [-0.05, 0) is 54.1 Å². The summed E-state index contributed by atoms with van der Waals surface area (Å²) < 4.78 is 47.0. The molecule has 3 aromatic rings. The van der Waals surface area contributed by atoms with Crippen molar-refractivity contribution >= 4 is 44.8 Å². The maximum absolute atomic E-state index is 14.3. The van der Waals surface area contributed by atoms with Crippen LogP contribution in [0.25, 0.3) is 0 Å². The van der Waals surface area contributed by atoms with Gasteiger partial charge in [-0.15, -0.1) is 0 Å². The Kier molecular flexibility index (Phi) is 7.17. The summed E-state index contributed by atoms with van der Waals surface area (Å²) in [6, 6.07) is 14.2. The van der Waals surface area contributed by atoms with E-state index in [1.165, 1.54) is 25.3 Å². The van der Waals surface area contributed by atoms with Crippen molar-refractivity contribution in [3.8, 4) is 5.75 Å². The predicted octanol–water partition coefficient (Wildman–Crippen LogP) is 4.87. The molecule has 0 aliphatic carbocycles. The number of anilines is 1. The van der Waals surface area contributed by atoms with Crippen LogP contribution in [0.2, 0.25) is 10.0 Å². The maximum atomic E-state index is 14.3. The largest absolute Gasteiger partial charge is 0.497 e. The fourth-order valence-corrected chi connectivity index (χ4v) is 4.01. The summed E-state index contributed by atoms with van der Waals surface area (Å²) in [7, 11) is -2.48. The topological polar surface area (TPSA) is 84.5 Å². The molecule has 0 spiro atoms. The van der Waals surface area contributed by atoms with Gasteiger partial charge in [-0.1, -0.05) is 35.3 Å². The van der Waals surface area contributed by atoms with Crippen LogP contribution in [0, 0.1) is 5.82 Å². The van der Waals surface area contributed by atoms with Crippen molar-refractivity contribution in [3.05, 3.63) is 87.7 Å². The van der Waals surface area contributed by atoms with Crippen molar-refractivity contribution in [2.45, 2.75) is 11.4 Å². The molecule has 0 saturated heterocycles. The Labute approximate surface area is 189 Å². The number of hydrogen-bond acceptors (Lipinski definition) is 4. The molecule has 0 heterocycles. The first kappa shape index (κ1) is 23.0. The highest BCUT2D eigenvalue weighted by molar-refractivity contribution is 7.89. The molecule has 0 aromatic heterocycles. The zero-order chi connectivity index (χ0) is 22.6. The Bertz CT molecular complexity index is 1220. The van der Waals surface area contributed by atoms with Gasteiger partial charge in [0.25, 0.3) is 5.91 Å². The minimum atomic E-state index is -4.01. The van der Waals surface area contributed by atoms with E-state index in [0.717, 1.165) is 18.2 Å². The highest BCUT2D eigenvalue weighted by Gasteiger charge is 2.20. The fraction of sp³-hybridized carbons (Fsp3) is 0.0952. The number of carbonyl (C=O) groups is 1. The van der Waals surface area contributed by atoms with E-state index < -0.39 is 27.3 Å². The monoisotopic (exact) mass is 482 g/mol. The number of methoxy groups -OCH3 is 1. The molecule has 0 saturated carbocycles. The zero-order valence-corrected chi connectivity index (χ0v) is 18.5. The van der Waals surface area contributed by atoms with Crippen LogP contribution < -0.4 is 14.8 Å². The lowest BCUT2D eigenvalue weighted by Crippen LogP contribution is -2.24. The second-order valence-corrected chi connectivity index (χ2v) is 9.00. The number of benzene rings is 3. The smallest absolute Gasteiger partial charge is 0.258 e. The number of nitrogens with one attached hydrogen (secondary N) is 2. The second kappa shape index (κ2) is 9.65. The van der Waals surface area contributed by atoms with E-state index in [-0.39, 0.29) is 22.2 Å². The van der Waals surface area contributed by atoms with E-state index >= 15 is 0 Å². The Balaban J connectivity index is 1.79. The highest BCUT2D eigenvalue weighted by atomic mass is 35.5. The molecule has 31 heavy (non-hydrogen) atoms. The lowest BCUT2D eigenvalue weighted by atomic mass is 10.2. The summed E-state index contributed by atoms with van der Waals surface area (Å²) in [4.78, 5) is 12.3. The van der Waals surface area contributed by atoms with E-state index in [9.17, 15) is 17.6 Å². The number of amides is 1. The molecule has 2 N–H and O–H groups in total. The molecule has 0 aliphatic heterocycles. The van der Waals surface area contributed by atoms with Gasteiger partial charge >= 0.3 is 0 Å². The number of sulfonamides is 1. The summed E-state index contributed by atoms with van der Waals surface area (Å²) in [5, 5.41) is 2.95. The van der Waals surface area contributed by atoms with Crippen LogP contribution in [0.4, 0.5) is 10.1 Å². The van der Waals surface area contributed by atoms with Crippen LogP contribution in [0.5, 0.6) is 5.75 Å². The Morgan fingerprint density at radius 2 is 1.74 bits per heavy atom. The summed E-state index contributed by atoms with van der Waals surface area (Å²) in [5.41, 5.74) is 0.410. The van der Waals surface area contributed by atoms with Crippen LogP contribution in [0.3, 0.4) is 0 Å². The number of hydrogen-bond donors (Lipinski definition) is 2. The van der Waals surface area contributed by atoms with Gasteiger partial charge in [-0.3, -0.25) is 4.79 Å². The van der Waals surface area contributed by atoms with Crippen molar-refractivity contribution < 1.29 is 22.3 Å². The minimum Gasteiger partial charge on any atom is -0.497 e. The standard InChI is InChI=1S/C21H17Cl2FN2O4S/c1-30-15-5-2-13(3-6-15)12-25-31(28,29)16-7-9-19(24)17(11-16)21(27)26-20-10-14(22)4-8-18(20)23/h2-11,25H,12H2,1H3,(H,26,27). The Morgan fingerprint density at radius 1 is 1.03 bits per heavy atom. The fourth-order valence-electron chi connectivity index (χ4n) is 2.63. The van der Waals surface area contributed by atoms with E-state index in [2.05, 4.69) is 10.0 Å². The van der Waals surface area contributed by atoms with Gasteiger partial charge in [0.1, 0.15) is 11.6 Å². The molecule has 0 aliphatic rings. The minimum absolute atomic E-state index is 0.00333. The van der Waals surface area contributed by atoms with Gasteiger partial charge in [-0.2, -0.15) is 0 Å². The molecule has 6 nitrogen and oxygen atoms in total. The molecule has 0 bridgehead atoms. The third kappa shape index (κ3) is 5.74. The molecule has 162 valence electrons. The van der Waals surface area contributed by atoms with Crippen LogP contribution >= 0.6 is 23.2 Å². The molecular formula is C21H17Cl2FN2O4S. The van der Waals surface area contributed by atoms with Crippen LogP contribution in [0.1, 0.15) is 15.9 Å². The molecule has 3 aromatic carbocycles. The van der Waals surface area contributed by atoms with E-state index in [1.54, 1.807) is 24.3 Å². The van der Waals surface area contributed by atoms with Crippen molar-refractivity contribution in [1.82, 2.24) is 4.72 Å². The zero-order valence-electron chi connectivity index (χ0n) is 16.2. The lowest BCUT2D eigenvalue weighted by Gasteiger charge is -2.11. The van der Waals surface area contributed by atoms with Crippen molar-refractivity contribution in [2.24, 2.45) is 0 Å². The number of halogens is 3. The van der Waals surface area contributed by atoms with Gasteiger partial charge in [0.2, 0.25) is 10.0 Å². The first-order chi connectivity index (χ1) is 14.7. The number of carbonyl (C=O) groups excluding carboxylic acids is 1. The quantitative estimate of drug-likeness (QED) is 0.502. The Hall–Kier alpha value is -2.65. The molecule has 3 rings (SSSR count). The van der Waals surface area contributed by atoms with Gasteiger partial charge in [0.05, 0.1) is 28.3 Å². The molecule has 0 radical (unpaired) electrons. The summed E-state index contributed by atoms with van der Waals surface area (Å²) in [5.74, 6) is -1.11. The van der Waals surface area contributed by atoms with E-state index in [4.69, 9.17) is 27.9 Å². The number of ether oxygens (including phenoxy) is 1. The lowest BCUT2D eigenvalue weighted by molar-refractivity contribution is 0.102. The van der Waals surface area contributed by atoms with Crippen molar-refractivity contribution in [1.29, 1.82) is 0 Å². The van der Waals surface area contributed by atoms with Crippen molar-refractivity contribution in [2.75, 3.05) is 12.4 Å². The van der Waals surface area contributed by atoms with Crippen molar-refractivity contribution in [3.63, 3.8) is 0 Å². The molecule has 0 fully saturated rings. The first-order valence-corrected chi connectivity index (χ1v) is 11.1. The summed E-state index contributed by atoms with van der Waals surface area (Å²) in [6.45, 7) is 0.00333.